The SMILES string of the molecule is CCC(C)n1nc(N2CC[C@H](O)C2=O)c2cnc(Nc3ccnc(-c4cnn(S(=O)(=O)C5CC5)c4)n3)cc21. The molecular formula is C24H27N9O4S. The molecule has 1 aliphatic carbocycles. The molecule has 4 aromatic rings. The molecule has 0 aromatic carbocycles. The summed E-state index contributed by atoms with van der Waals surface area (Å²) in [5, 5.41) is 22.2. The Bertz CT molecular complexity index is 1640. The second-order valence-electron chi connectivity index (χ2n) is 9.64. The monoisotopic (exact) mass is 537 g/mol. The molecule has 5 heterocycles. The van der Waals surface area contributed by atoms with Crippen molar-refractivity contribution in [3.63, 3.8) is 0 Å². The molecule has 6 rings (SSSR count). The number of anilines is 3. The van der Waals surface area contributed by atoms with Crippen LogP contribution in [0.25, 0.3) is 22.3 Å². The Morgan fingerprint density at radius 3 is 2.71 bits per heavy atom. The molecule has 1 saturated carbocycles. The Morgan fingerprint density at radius 1 is 1.18 bits per heavy atom. The third kappa shape index (κ3) is 4.19. The number of carbonyl (C=O) groups excluding carboxylic acids is 1. The van der Waals surface area contributed by atoms with Crippen LogP contribution in [0.2, 0.25) is 0 Å². The first-order valence-electron chi connectivity index (χ1n) is 12.5. The molecule has 2 fully saturated rings. The van der Waals surface area contributed by atoms with E-state index in [1.807, 2.05) is 17.7 Å². The fourth-order valence-electron chi connectivity index (χ4n) is 4.44. The first-order valence-corrected chi connectivity index (χ1v) is 14.0. The third-order valence-electron chi connectivity index (χ3n) is 6.95. The number of rotatable bonds is 8. The summed E-state index contributed by atoms with van der Waals surface area (Å²) in [6, 6.07) is 3.60. The zero-order valence-electron chi connectivity index (χ0n) is 20.9. The number of amides is 1. The molecule has 1 unspecified atom stereocenters. The summed E-state index contributed by atoms with van der Waals surface area (Å²) in [4.78, 5) is 27.3. The van der Waals surface area contributed by atoms with E-state index in [9.17, 15) is 18.3 Å². The van der Waals surface area contributed by atoms with E-state index in [0.717, 1.165) is 16.0 Å². The summed E-state index contributed by atoms with van der Waals surface area (Å²) in [6.45, 7) is 4.50. The average molecular weight is 538 g/mol. The van der Waals surface area contributed by atoms with Crippen LogP contribution >= 0.6 is 0 Å². The van der Waals surface area contributed by atoms with Crippen LogP contribution in [-0.4, -0.2) is 71.2 Å². The number of aromatic nitrogens is 7. The first kappa shape index (κ1) is 24.4. The quantitative estimate of drug-likeness (QED) is 0.341. The number of hydrogen-bond acceptors (Lipinski definition) is 10. The van der Waals surface area contributed by atoms with Crippen molar-refractivity contribution in [3.8, 4) is 11.4 Å². The van der Waals surface area contributed by atoms with E-state index in [4.69, 9.17) is 5.10 Å². The molecule has 0 bridgehead atoms. The summed E-state index contributed by atoms with van der Waals surface area (Å²) >= 11 is 0. The molecule has 1 aliphatic heterocycles. The maximum absolute atomic E-state index is 12.5. The van der Waals surface area contributed by atoms with E-state index < -0.39 is 16.1 Å². The fraction of sp³-hybridized carbons (Fsp3) is 0.417. The molecular weight excluding hydrogens is 510 g/mol. The van der Waals surface area contributed by atoms with Crippen molar-refractivity contribution in [2.45, 2.75) is 56.9 Å². The molecule has 2 atom stereocenters. The Balaban J connectivity index is 1.31. The summed E-state index contributed by atoms with van der Waals surface area (Å²) in [7, 11) is -3.48. The van der Waals surface area contributed by atoms with Crippen molar-refractivity contribution in [1.29, 1.82) is 0 Å². The minimum atomic E-state index is -3.48. The van der Waals surface area contributed by atoms with Gasteiger partial charge >= 0.3 is 0 Å². The predicted octanol–water partition coefficient (Wildman–Crippen LogP) is 2.24. The van der Waals surface area contributed by atoms with Crippen molar-refractivity contribution >= 4 is 44.3 Å². The summed E-state index contributed by atoms with van der Waals surface area (Å²) in [6.07, 6.45) is 7.58. The second-order valence-corrected chi connectivity index (χ2v) is 11.7. The highest BCUT2D eigenvalue weighted by atomic mass is 32.2. The minimum Gasteiger partial charge on any atom is -0.383 e. The molecule has 14 heteroatoms. The standard InChI is InChI=1S/C24H27N9O4S/c1-3-14(2)33-18-10-21(26-12-17(18)23(30-33)31-9-7-19(34)24(31)35)28-20-6-8-25-22(29-20)15-11-27-32(13-15)38(36,37)16-4-5-16/h6,8,10-14,16,19,34H,3-5,7,9H2,1-2H3,(H,25,26,28,29)/t14?,19-/m0/s1. The maximum atomic E-state index is 12.5. The van der Waals surface area contributed by atoms with Crippen molar-refractivity contribution in [3.05, 3.63) is 36.9 Å². The summed E-state index contributed by atoms with van der Waals surface area (Å²) in [5.74, 6) is 1.43. The maximum Gasteiger partial charge on any atom is 0.257 e. The van der Waals surface area contributed by atoms with Crippen LogP contribution in [0, 0.1) is 0 Å². The molecule has 1 amide bonds. The number of carbonyl (C=O) groups is 1. The van der Waals surface area contributed by atoms with Crippen LogP contribution in [0.1, 0.15) is 45.6 Å². The van der Waals surface area contributed by atoms with E-state index in [1.54, 1.807) is 18.5 Å². The molecule has 13 nitrogen and oxygen atoms in total. The van der Waals surface area contributed by atoms with Crippen molar-refractivity contribution in [1.82, 2.24) is 33.9 Å². The normalized spacial score (nSPS) is 18.9. The van der Waals surface area contributed by atoms with E-state index >= 15 is 0 Å². The van der Waals surface area contributed by atoms with Crippen LogP contribution in [-0.2, 0) is 14.8 Å². The molecule has 1 saturated heterocycles. The van der Waals surface area contributed by atoms with Gasteiger partial charge in [-0.3, -0.25) is 14.4 Å². The van der Waals surface area contributed by atoms with Crippen molar-refractivity contribution in [2.75, 3.05) is 16.8 Å². The fourth-order valence-corrected chi connectivity index (χ4v) is 5.92. The lowest BCUT2D eigenvalue weighted by Crippen LogP contribution is -2.29. The Labute approximate surface area is 218 Å². The lowest BCUT2D eigenvalue weighted by atomic mass is 10.2. The molecule has 0 spiro atoms. The van der Waals surface area contributed by atoms with Crippen LogP contribution in [0.15, 0.2) is 36.9 Å². The van der Waals surface area contributed by atoms with E-state index in [0.29, 0.717) is 60.0 Å². The molecule has 2 N–H and O–H groups in total. The van der Waals surface area contributed by atoms with Gasteiger partial charge < -0.3 is 10.4 Å². The van der Waals surface area contributed by atoms with E-state index in [2.05, 4.69) is 32.3 Å². The summed E-state index contributed by atoms with van der Waals surface area (Å²) in [5.41, 5.74) is 1.28. The van der Waals surface area contributed by atoms with Crippen LogP contribution in [0.4, 0.5) is 17.5 Å². The Hall–Kier alpha value is -3.91. The van der Waals surface area contributed by atoms with Gasteiger partial charge in [0.2, 0.25) is 0 Å². The van der Waals surface area contributed by atoms with Gasteiger partial charge in [-0.05, 0) is 32.3 Å². The Morgan fingerprint density at radius 2 is 2.00 bits per heavy atom. The van der Waals surface area contributed by atoms with E-state index in [1.165, 1.54) is 17.3 Å². The van der Waals surface area contributed by atoms with Gasteiger partial charge in [0.15, 0.2) is 11.6 Å². The molecule has 38 heavy (non-hydrogen) atoms. The molecule has 198 valence electrons. The highest BCUT2D eigenvalue weighted by molar-refractivity contribution is 7.90. The average Bonchev–Trinajstić information content (AvgIpc) is 3.42. The predicted molar refractivity (Wildman–Crippen MR) is 139 cm³/mol. The van der Waals surface area contributed by atoms with Crippen LogP contribution < -0.4 is 10.2 Å². The van der Waals surface area contributed by atoms with Crippen LogP contribution in [0.3, 0.4) is 0 Å². The van der Waals surface area contributed by atoms with Crippen LogP contribution in [0.5, 0.6) is 0 Å². The minimum absolute atomic E-state index is 0.0678. The van der Waals surface area contributed by atoms with Gasteiger partial charge in [0.25, 0.3) is 15.9 Å². The van der Waals surface area contributed by atoms with Gasteiger partial charge in [-0.1, -0.05) is 6.92 Å². The van der Waals surface area contributed by atoms with Gasteiger partial charge in [0, 0.05) is 37.5 Å². The largest absolute Gasteiger partial charge is 0.383 e. The van der Waals surface area contributed by atoms with Crippen molar-refractivity contribution in [2.24, 2.45) is 0 Å². The van der Waals surface area contributed by atoms with Gasteiger partial charge in [-0.2, -0.15) is 14.3 Å². The number of aliphatic hydroxyl groups excluding tert-OH is 1. The van der Waals surface area contributed by atoms with E-state index in [-0.39, 0.29) is 17.2 Å². The number of pyridine rings is 1. The number of hydrogen-bond donors (Lipinski definition) is 2. The lowest BCUT2D eigenvalue weighted by Gasteiger charge is -2.13. The van der Waals surface area contributed by atoms with Gasteiger partial charge in [0.05, 0.1) is 34.1 Å². The van der Waals surface area contributed by atoms with Gasteiger partial charge in [-0.15, -0.1) is 0 Å². The zero-order valence-corrected chi connectivity index (χ0v) is 21.7. The molecule has 2 aliphatic rings. The number of nitrogens with zero attached hydrogens (tertiary/aromatic N) is 8. The zero-order chi connectivity index (χ0) is 26.6. The number of aliphatic hydroxyl groups is 1. The molecule has 4 aromatic heterocycles. The smallest absolute Gasteiger partial charge is 0.257 e. The lowest BCUT2D eigenvalue weighted by molar-refractivity contribution is -0.124. The topological polar surface area (TPSA) is 161 Å². The molecule has 0 radical (unpaired) electrons. The summed E-state index contributed by atoms with van der Waals surface area (Å²) < 4.78 is 27.8. The Kier molecular flexibility index (Phi) is 5.87. The van der Waals surface area contributed by atoms with Crippen molar-refractivity contribution < 1.29 is 18.3 Å². The third-order valence-corrected chi connectivity index (χ3v) is 8.98. The number of fused-ring (bicyclic) bond motifs is 1. The first-order chi connectivity index (χ1) is 18.3. The number of nitrogens with one attached hydrogen (secondary N) is 1. The highest BCUT2D eigenvalue weighted by Crippen LogP contribution is 2.33. The van der Waals surface area contributed by atoms with Gasteiger partial charge in [-0.25, -0.2) is 23.4 Å². The second kappa shape index (κ2) is 9.13. The highest BCUT2D eigenvalue weighted by Gasteiger charge is 2.38. The van der Waals surface area contributed by atoms with Gasteiger partial charge in [0.1, 0.15) is 17.7 Å².